The molecule has 0 N–H and O–H groups in total. The van der Waals surface area contributed by atoms with E-state index in [2.05, 4.69) is 4.98 Å². The van der Waals surface area contributed by atoms with Gasteiger partial charge >= 0.3 is 5.97 Å². The molecule has 0 spiro atoms. The van der Waals surface area contributed by atoms with E-state index in [0.717, 1.165) is 11.3 Å². The number of hydrogen-bond donors (Lipinski definition) is 0. The van der Waals surface area contributed by atoms with Crippen molar-refractivity contribution in [2.24, 2.45) is 0 Å². The standard InChI is InChI=1S/C13H11Cl3N2O2/c14-11(15)3-4-18(10-5-13(19)20-8-10)7-9-1-2-12(16)17-6-9/h1-6,11H,7-8H2. The van der Waals surface area contributed by atoms with Crippen molar-refractivity contribution in [1.29, 1.82) is 0 Å². The zero-order valence-electron chi connectivity index (χ0n) is 10.3. The van der Waals surface area contributed by atoms with Gasteiger partial charge in [-0.2, -0.15) is 0 Å². The number of rotatable bonds is 5. The molecule has 0 atom stereocenters. The van der Waals surface area contributed by atoms with E-state index in [-0.39, 0.29) is 12.6 Å². The van der Waals surface area contributed by atoms with Crippen LogP contribution in [-0.2, 0) is 16.1 Å². The third-order valence-electron chi connectivity index (χ3n) is 2.57. The number of carbonyl (C=O) groups excluding carboxylic acids is 1. The molecule has 0 radical (unpaired) electrons. The highest BCUT2D eigenvalue weighted by Crippen LogP contribution is 2.18. The van der Waals surface area contributed by atoms with Crippen LogP contribution in [-0.4, -0.2) is 27.3 Å². The Labute approximate surface area is 131 Å². The second-order valence-electron chi connectivity index (χ2n) is 4.04. The minimum atomic E-state index is -0.625. The first-order valence-corrected chi connectivity index (χ1v) is 7.00. The highest BCUT2D eigenvalue weighted by Gasteiger charge is 2.18. The highest BCUT2D eigenvalue weighted by molar-refractivity contribution is 6.45. The van der Waals surface area contributed by atoms with Gasteiger partial charge in [-0.3, -0.25) is 0 Å². The molecule has 0 unspecified atom stereocenters. The minimum Gasteiger partial charge on any atom is -0.456 e. The fourth-order valence-corrected chi connectivity index (χ4v) is 1.89. The molecule has 0 aromatic carbocycles. The fourth-order valence-electron chi connectivity index (χ4n) is 1.65. The van der Waals surface area contributed by atoms with Gasteiger partial charge in [0.05, 0.1) is 5.70 Å². The summed E-state index contributed by atoms with van der Waals surface area (Å²) >= 11 is 17.1. The zero-order valence-corrected chi connectivity index (χ0v) is 12.6. The number of nitrogens with zero attached hydrogens (tertiary/aromatic N) is 2. The van der Waals surface area contributed by atoms with E-state index in [1.807, 2.05) is 11.0 Å². The lowest BCUT2D eigenvalue weighted by molar-refractivity contribution is -0.135. The van der Waals surface area contributed by atoms with Crippen LogP contribution in [0.25, 0.3) is 0 Å². The number of halogens is 3. The molecule has 20 heavy (non-hydrogen) atoms. The second kappa shape index (κ2) is 6.97. The molecule has 2 heterocycles. The number of carbonyl (C=O) groups is 1. The maximum absolute atomic E-state index is 11.2. The Morgan fingerprint density at radius 1 is 1.45 bits per heavy atom. The predicted molar refractivity (Wildman–Crippen MR) is 78.5 cm³/mol. The largest absolute Gasteiger partial charge is 0.456 e. The van der Waals surface area contributed by atoms with E-state index < -0.39 is 4.84 Å². The van der Waals surface area contributed by atoms with Crippen molar-refractivity contribution in [3.63, 3.8) is 0 Å². The van der Waals surface area contributed by atoms with Gasteiger partial charge in [-0.05, 0) is 17.7 Å². The van der Waals surface area contributed by atoms with Crippen molar-refractivity contribution in [2.45, 2.75) is 11.4 Å². The van der Waals surface area contributed by atoms with E-state index >= 15 is 0 Å². The number of hydrogen-bond acceptors (Lipinski definition) is 4. The fraction of sp³-hybridized carbons (Fsp3) is 0.231. The van der Waals surface area contributed by atoms with Gasteiger partial charge in [-0.1, -0.05) is 17.7 Å². The molecular weight excluding hydrogens is 323 g/mol. The Balaban J connectivity index is 2.16. The lowest BCUT2D eigenvalue weighted by atomic mass is 10.2. The molecule has 0 amide bonds. The number of ether oxygens (including phenoxy) is 1. The van der Waals surface area contributed by atoms with Crippen molar-refractivity contribution in [2.75, 3.05) is 6.61 Å². The Kier molecular flexibility index (Phi) is 5.29. The van der Waals surface area contributed by atoms with Gasteiger partial charge in [0.1, 0.15) is 16.6 Å². The zero-order chi connectivity index (χ0) is 14.5. The molecule has 7 heteroatoms. The summed E-state index contributed by atoms with van der Waals surface area (Å²) in [5, 5.41) is 0.427. The summed E-state index contributed by atoms with van der Waals surface area (Å²) < 4.78 is 4.90. The van der Waals surface area contributed by atoms with Crippen LogP contribution in [0.2, 0.25) is 5.15 Å². The average Bonchev–Trinajstić information content (AvgIpc) is 2.83. The maximum Gasteiger partial charge on any atom is 0.333 e. The van der Waals surface area contributed by atoms with E-state index in [9.17, 15) is 4.79 Å². The van der Waals surface area contributed by atoms with E-state index in [4.69, 9.17) is 39.5 Å². The number of pyridine rings is 1. The van der Waals surface area contributed by atoms with Gasteiger partial charge < -0.3 is 9.64 Å². The number of aromatic nitrogens is 1. The van der Waals surface area contributed by atoms with Gasteiger partial charge in [0.25, 0.3) is 0 Å². The van der Waals surface area contributed by atoms with Crippen LogP contribution in [0.4, 0.5) is 0 Å². The molecular formula is C13H11Cl3N2O2. The molecule has 1 aliphatic rings. The summed E-state index contributed by atoms with van der Waals surface area (Å²) in [6.07, 6.45) is 6.43. The number of cyclic esters (lactones) is 1. The molecule has 0 fully saturated rings. The van der Waals surface area contributed by atoms with Crippen molar-refractivity contribution < 1.29 is 9.53 Å². The lowest BCUT2D eigenvalue weighted by Crippen LogP contribution is -2.17. The predicted octanol–water partition coefficient (Wildman–Crippen LogP) is 3.30. The highest BCUT2D eigenvalue weighted by atomic mass is 35.5. The van der Waals surface area contributed by atoms with Crippen LogP contribution in [0.1, 0.15) is 5.56 Å². The van der Waals surface area contributed by atoms with E-state index in [0.29, 0.717) is 11.7 Å². The van der Waals surface area contributed by atoms with Crippen molar-refractivity contribution in [3.8, 4) is 0 Å². The first-order chi connectivity index (χ1) is 9.54. The Bertz CT molecular complexity index is 541. The van der Waals surface area contributed by atoms with Gasteiger partial charge in [-0.15, -0.1) is 23.2 Å². The average molecular weight is 334 g/mol. The summed E-state index contributed by atoms with van der Waals surface area (Å²) in [5.41, 5.74) is 1.66. The smallest absolute Gasteiger partial charge is 0.333 e. The van der Waals surface area contributed by atoms with Crippen LogP contribution in [0.3, 0.4) is 0 Å². The Morgan fingerprint density at radius 3 is 2.80 bits per heavy atom. The molecule has 4 nitrogen and oxygen atoms in total. The molecule has 1 aromatic rings. The molecule has 0 saturated heterocycles. The van der Waals surface area contributed by atoms with Crippen molar-refractivity contribution >= 4 is 40.8 Å². The first kappa shape index (κ1) is 15.2. The Hall–Kier alpha value is -1.23. The minimum absolute atomic E-state index is 0.222. The second-order valence-corrected chi connectivity index (χ2v) is 5.59. The van der Waals surface area contributed by atoms with Gasteiger partial charge in [0.2, 0.25) is 0 Å². The molecule has 0 saturated carbocycles. The monoisotopic (exact) mass is 332 g/mol. The molecule has 1 aromatic heterocycles. The van der Waals surface area contributed by atoms with Crippen LogP contribution in [0, 0.1) is 0 Å². The third-order valence-corrected chi connectivity index (χ3v) is 3.08. The maximum atomic E-state index is 11.2. The van der Waals surface area contributed by atoms with Crippen LogP contribution in [0.15, 0.2) is 42.4 Å². The number of allylic oxidation sites excluding steroid dienone is 1. The molecule has 0 bridgehead atoms. The summed E-state index contributed by atoms with van der Waals surface area (Å²) in [6, 6.07) is 3.56. The third kappa shape index (κ3) is 4.40. The van der Waals surface area contributed by atoms with Crippen LogP contribution < -0.4 is 0 Å². The van der Waals surface area contributed by atoms with Crippen LogP contribution in [0.5, 0.6) is 0 Å². The SMILES string of the molecule is O=C1C=C(N(C=CC(Cl)Cl)Cc2ccc(Cl)nc2)CO1. The Morgan fingerprint density at radius 2 is 2.25 bits per heavy atom. The van der Waals surface area contributed by atoms with Crippen LogP contribution >= 0.6 is 34.8 Å². The van der Waals surface area contributed by atoms with Crippen molar-refractivity contribution in [3.05, 3.63) is 53.1 Å². The van der Waals surface area contributed by atoms with Crippen molar-refractivity contribution in [1.82, 2.24) is 9.88 Å². The molecule has 0 aliphatic carbocycles. The summed E-state index contributed by atoms with van der Waals surface area (Å²) in [4.78, 5) is 16.4. The normalized spacial score (nSPS) is 14.8. The number of esters is 1. The topological polar surface area (TPSA) is 42.4 Å². The molecule has 106 valence electrons. The van der Waals surface area contributed by atoms with E-state index in [1.165, 1.54) is 6.08 Å². The van der Waals surface area contributed by atoms with Gasteiger partial charge in [0.15, 0.2) is 0 Å². The van der Waals surface area contributed by atoms with E-state index in [1.54, 1.807) is 24.5 Å². The van der Waals surface area contributed by atoms with Gasteiger partial charge in [0, 0.05) is 25.0 Å². The van der Waals surface area contributed by atoms with Gasteiger partial charge in [-0.25, -0.2) is 9.78 Å². The first-order valence-electron chi connectivity index (χ1n) is 5.75. The lowest BCUT2D eigenvalue weighted by Gasteiger charge is -2.20. The summed E-state index contributed by atoms with van der Waals surface area (Å²) in [6.45, 7) is 0.725. The quantitative estimate of drug-likeness (QED) is 0.471. The summed E-state index contributed by atoms with van der Waals surface area (Å²) in [5.74, 6) is -0.360. The molecule has 2 rings (SSSR count). The summed E-state index contributed by atoms with van der Waals surface area (Å²) in [7, 11) is 0. The number of alkyl halides is 2. The molecule has 1 aliphatic heterocycles.